The minimum Gasteiger partial charge on any atom is -0.334 e. The van der Waals surface area contributed by atoms with E-state index in [0.717, 1.165) is 23.8 Å². The highest BCUT2D eigenvalue weighted by atomic mass is 79.9. The maximum Gasteiger partial charge on any atom is 0.258 e. The summed E-state index contributed by atoms with van der Waals surface area (Å²) in [5.41, 5.74) is 1.40. The standard InChI is InChI=1S/C13H15BrN4O/c1-9-2-4-17(11(9)6-14)13(19)10-7-16-18-5-3-15-8-12(10)18/h3,5,7-9,11H,2,4,6H2,1H3. The molecule has 1 amide bonds. The lowest BCUT2D eigenvalue weighted by Gasteiger charge is -2.24. The molecule has 2 atom stereocenters. The van der Waals surface area contributed by atoms with Crippen molar-refractivity contribution < 1.29 is 4.79 Å². The third kappa shape index (κ3) is 2.04. The first kappa shape index (κ1) is 12.6. The Labute approximate surface area is 119 Å². The van der Waals surface area contributed by atoms with Crippen LogP contribution in [0.4, 0.5) is 0 Å². The molecule has 1 aliphatic heterocycles. The topological polar surface area (TPSA) is 50.5 Å². The fourth-order valence-corrected chi connectivity index (χ4v) is 3.64. The fourth-order valence-electron chi connectivity index (χ4n) is 2.65. The van der Waals surface area contributed by atoms with Gasteiger partial charge < -0.3 is 4.90 Å². The zero-order chi connectivity index (χ0) is 13.4. The van der Waals surface area contributed by atoms with Crippen LogP contribution in [0.3, 0.4) is 0 Å². The molecule has 19 heavy (non-hydrogen) atoms. The molecule has 0 aliphatic carbocycles. The van der Waals surface area contributed by atoms with Crippen molar-refractivity contribution in [3.63, 3.8) is 0 Å². The molecule has 0 N–H and O–H groups in total. The van der Waals surface area contributed by atoms with Crippen LogP contribution < -0.4 is 0 Å². The van der Waals surface area contributed by atoms with Gasteiger partial charge in [-0.2, -0.15) is 5.10 Å². The smallest absolute Gasteiger partial charge is 0.258 e. The molecular formula is C13H15BrN4O. The van der Waals surface area contributed by atoms with Crippen molar-refractivity contribution in [1.82, 2.24) is 19.5 Å². The molecule has 0 radical (unpaired) electrons. The van der Waals surface area contributed by atoms with Gasteiger partial charge in [0, 0.05) is 30.3 Å². The number of fused-ring (bicyclic) bond motifs is 1. The maximum atomic E-state index is 12.7. The second-order valence-electron chi connectivity index (χ2n) is 4.95. The van der Waals surface area contributed by atoms with E-state index in [9.17, 15) is 4.79 Å². The number of rotatable bonds is 2. The number of nitrogens with zero attached hydrogens (tertiary/aromatic N) is 4. The van der Waals surface area contributed by atoms with E-state index in [1.807, 2.05) is 4.90 Å². The first-order valence-corrected chi connectivity index (χ1v) is 7.49. The van der Waals surface area contributed by atoms with Gasteiger partial charge in [-0.1, -0.05) is 22.9 Å². The molecule has 2 aromatic heterocycles. The zero-order valence-corrected chi connectivity index (χ0v) is 12.2. The summed E-state index contributed by atoms with van der Waals surface area (Å²) in [7, 11) is 0. The molecule has 2 unspecified atom stereocenters. The van der Waals surface area contributed by atoms with Crippen LogP contribution in [0.15, 0.2) is 24.8 Å². The highest BCUT2D eigenvalue weighted by molar-refractivity contribution is 9.09. The van der Waals surface area contributed by atoms with Gasteiger partial charge in [0.15, 0.2) is 0 Å². The molecule has 0 aromatic carbocycles. The van der Waals surface area contributed by atoms with Gasteiger partial charge in [-0.15, -0.1) is 0 Å². The zero-order valence-electron chi connectivity index (χ0n) is 10.7. The minimum atomic E-state index is 0.0526. The average Bonchev–Trinajstić information content (AvgIpc) is 3.01. The van der Waals surface area contributed by atoms with Gasteiger partial charge >= 0.3 is 0 Å². The Morgan fingerprint density at radius 1 is 1.53 bits per heavy atom. The predicted octanol–water partition coefficient (Wildman–Crippen LogP) is 1.97. The number of hydrogen-bond acceptors (Lipinski definition) is 3. The molecular weight excluding hydrogens is 308 g/mol. The molecule has 1 saturated heterocycles. The normalized spacial score (nSPS) is 23.2. The van der Waals surface area contributed by atoms with Crippen molar-refractivity contribution >= 4 is 27.4 Å². The summed E-state index contributed by atoms with van der Waals surface area (Å²) >= 11 is 3.51. The quantitative estimate of drug-likeness (QED) is 0.794. The molecule has 1 fully saturated rings. The molecule has 3 heterocycles. The number of carbonyl (C=O) groups is 1. The van der Waals surface area contributed by atoms with Gasteiger partial charge in [-0.25, -0.2) is 4.52 Å². The molecule has 5 nitrogen and oxygen atoms in total. The number of halogens is 1. The second-order valence-corrected chi connectivity index (χ2v) is 5.60. The van der Waals surface area contributed by atoms with Crippen LogP contribution in [-0.4, -0.2) is 43.3 Å². The Morgan fingerprint density at radius 3 is 3.16 bits per heavy atom. The van der Waals surface area contributed by atoms with Gasteiger partial charge in [-0.3, -0.25) is 9.78 Å². The molecule has 6 heteroatoms. The number of aromatic nitrogens is 3. The highest BCUT2D eigenvalue weighted by Gasteiger charge is 2.34. The number of carbonyl (C=O) groups excluding carboxylic acids is 1. The van der Waals surface area contributed by atoms with E-state index < -0.39 is 0 Å². The lowest BCUT2D eigenvalue weighted by atomic mass is 10.1. The summed E-state index contributed by atoms with van der Waals surface area (Å²) in [5.74, 6) is 0.583. The second kappa shape index (κ2) is 4.92. The van der Waals surface area contributed by atoms with E-state index in [-0.39, 0.29) is 11.9 Å². The molecule has 2 aromatic rings. The number of amides is 1. The summed E-state index contributed by atoms with van der Waals surface area (Å²) in [6.45, 7) is 3.00. The minimum absolute atomic E-state index is 0.0526. The van der Waals surface area contributed by atoms with Crippen molar-refractivity contribution in [3.05, 3.63) is 30.4 Å². The van der Waals surface area contributed by atoms with Crippen LogP contribution in [0.2, 0.25) is 0 Å². The van der Waals surface area contributed by atoms with Crippen LogP contribution in [-0.2, 0) is 0 Å². The summed E-state index contributed by atoms with van der Waals surface area (Å²) in [6.07, 6.45) is 7.78. The Kier molecular flexibility index (Phi) is 3.26. The first-order chi connectivity index (χ1) is 9.22. The molecule has 0 spiro atoms. The van der Waals surface area contributed by atoms with Crippen LogP contribution in [0, 0.1) is 5.92 Å². The lowest BCUT2D eigenvalue weighted by molar-refractivity contribution is 0.0740. The first-order valence-electron chi connectivity index (χ1n) is 6.36. The van der Waals surface area contributed by atoms with E-state index in [1.165, 1.54) is 0 Å². The van der Waals surface area contributed by atoms with Gasteiger partial charge in [-0.05, 0) is 12.3 Å². The Hall–Kier alpha value is -1.43. The maximum absolute atomic E-state index is 12.7. The van der Waals surface area contributed by atoms with E-state index in [1.54, 1.807) is 29.3 Å². The lowest BCUT2D eigenvalue weighted by Crippen LogP contribution is -2.38. The van der Waals surface area contributed by atoms with E-state index in [4.69, 9.17) is 0 Å². The van der Waals surface area contributed by atoms with Gasteiger partial charge in [0.05, 0.1) is 23.5 Å². The van der Waals surface area contributed by atoms with Crippen molar-refractivity contribution in [2.24, 2.45) is 5.92 Å². The largest absolute Gasteiger partial charge is 0.334 e. The van der Waals surface area contributed by atoms with Crippen molar-refractivity contribution in [1.29, 1.82) is 0 Å². The van der Waals surface area contributed by atoms with Crippen LogP contribution in [0.1, 0.15) is 23.7 Å². The summed E-state index contributed by atoms with van der Waals surface area (Å²) in [4.78, 5) is 18.7. The Morgan fingerprint density at radius 2 is 2.37 bits per heavy atom. The molecule has 100 valence electrons. The van der Waals surface area contributed by atoms with E-state index in [0.29, 0.717) is 11.5 Å². The Bertz CT molecular complexity index is 611. The number of hydrogen-bond donors (Lipinski definition) is 0. The van der Waals surface area contributed by atoms with Crippen LogP contribution >= 0.6 is 15.9 Å². The monoisotopic (exact) mass is 322 g/mol. The SMILES string of the molecule is CC1CCN(C(=O)c2cnn3ccncc23)C1CBr. The summed E-state index contributed by atoms with van der Waals surface area (Å²) < 4.78 is 1.68. The predicted molar refractivity (Wildman–Crippen MR) is 75.4 cm³/mol. The van der Waals surface area contributed by atoms with Crippen molar-refractivity contribution in [3.8, 4) is 0 Å². The fraction of sp³-hybridized carbons (Fsp3) is 0.462. The van der Waals surface area contributed by atoms with Gasteiger partial charge in [0.2, 0.25) is 0 Å². The van der Waals surface area contributed by atoms with Crippen molar-refractivity contribution in [2.75, 3.05) is 11.9 Å². The third-order valence-electron chi connectivity index (χ3n) is 3.86. The van der Waals surface area contributed by atoms with Gasteiger partial charge in [0.25, 0.3) is 5.91 Å². The molecule has 1 aliphatic rings. The van der Waals surface area contributed by atoms with Crippen LogP contribution in [0.5, 0.6) is 0 Å². The summed E-state index contributed by atoms with van der Waals surface area (Å²) in [6, 6.07) is 0.263. The highest BCUT2D eigenvalue weighted by Crippen LogP contribution is 2.27. The van der Waals surface area contributed by atoms with Crippen LogP contribution in [0.25, 0.3) is 5.52 Å². The number of likely N-dealkylation sites (tertiary alicyclic amines) is 1. The molecule has 0 saturated carbocycles. The van der Waals surface area contributed by atoms with Gasteiger partial charge in [0.1, 0.15) is 0 Å². The summed E-state index contributed by atoms with van der Waals surface area (Å²) in [5, 5.41) is 5.02. The average molecular weight is 323 g/mol. The Balaban J connectivity index is 1.96. The molecule has 3 rings (SSSR count). The van der Waals surface area contributed by atoms with E-state index >= 15 is 0 Å². The number of alkyl halides is 1. The molecule has 0 bridgehead atoms. The van der Waals surface area contributed by atoms with E-state index in [2.05, 4.69) is 32.9 Å². The third-order valence-corrected chi connectivity index (χ3v) is 4.52. The van der Waals surface area contributed by atoms with Crippen molar-refractivity contribution in [2.45, 2.75) is 19.4 Å².